The molecule has 0 aliphatic rings. The summed E-state index contributed by atoms with van der Waals surface area (Å²) in [4.78, 5) is 27.0. The van der Waals surface area contributed by atoms with Gasteiger partial charge in [-0.05, 0) is 25.5 Å². The number of hydrogen-bond acceptors (Lipinski definition) is 8. The standard InChI is InChI=1S/C15H17N3O5S/c1-3-4-13-16-14(23-17-13)9-22-15(19)10(2)24-12-7-5-11(6-8-12)18(20)21/h5-8,10H,3-4,9H2,1-2H3. The van der Waals surface area contributed by atoms with Gasteiger partial charge in [0.05, 0.1) is 4.92 Å². The molecule has 0 fully saturated rings. The van der Waals surface area contributed by atoms with Gasteiger partial charge in [0, 0.05) is 23.4 Å². The summed E-state index contributed by atoms with van der Waals surface area (Å²) in [7, 11) is 0. The van der Waals surface area contributed by atoms with Crippen LogP contribution in [0.2, 0.25) is 0 Å². The monoisotopic (exact) mass is 351 g/mol. The van der Waals surface area contributed by atoms with Gasteiger partial charge in [0.25, 0.3) is 11.6 Å². The van der Waals surface area contributed by atoms with E-state index in [9.17, 15) is 14.9 Å². The van der Waals surface area contributed by atoms with E-state index >= 15 is 0 Å². The Balaban J connectivity index is 1.83. The number of carbonyl (C=O) groups excluding carboxylic acids is 1. The fraction of sp³-hybridized carbons (Fsp3) is 0.400. The zero-order valence-corrected chi connectivity index (χ0v) is 14.1. The van der Waals surface area contributed by atoms with Crippen molar-refractivity contribution in [2.75, 3.05) is 0 Å². The van der Waals surface area contributed by atoms with Crippen molar-refractivity contribution >= 4 is 23.4 Å². The Bertz CT molecular complexity index is 701. The number of rotatable bonds is 8. The first kappa shape index (κ1) is 17.9. The second-order valence-electron chi connectivity index (χ2n) is 4.97. The first-order valence-electron chi connectivity index (χ1n) is 7.38. The number of ether oxygens (including phenoxy) is 1. The average molecular weight is 351 g/mol. The molecule has 0 aliphatic heterocycles. The molecule has 0 bridgehead atoms. The van der Waals surface area contributed by atoms with Crippen LogP contribution >= 0.6 is 11.8 Å². The minimum atomic E-state index is -0.469. The fourth-order valence-corrected chi connectivity index (χ4v) is 2.69. The Labute approximate surface area is 142 Å². The van der Waals surface area contributed by atoms with Gasteiger partial charge in [-0.3, -0.25) is 14.9 Å². The van der Waals surface area contributed by atoms with Crippen molar-refractivity contribution in [1.29, 1.82) is 0 Å². The lowest BCUT2D eigenvalue weighted by atomic mass is 10.3. The van der Waals surface area contributed by atoms with E-state index < -0.39 is 16.1 Å². The van der Waals surface area contributed by atoms with Crippen molar-refractivity contribution in [3.8, 4) is 0 Å². The van der Waals surface area contributed by atoms with Crippen molar-refractivity contribution < 1.29 is 19.0 Å². The number of aryl methyl sites for hydroxylation is 1. The number of nitro groups is 1. The van der Waals surface area contributed by atoms with Crippen molar-refractivity contribution in [3.63, 3.8) is 0 Å². The molecular formula is C15H17N3O5S. The predicted molar refractivity (Wildman–Crippen MR) is 86.5 cm³/mol. The van der Waals surface area contributed by atoms with Gasteiger partial charge >= 0.3 is 5.97 Å². The highest BCUT2D eigenvalue weighted by Gasteiger charge is 2.18. The molecule has 8 nitrogen and oxygen atoms in total. The average Bonchev–Trinajstić information content (AvgIpc) is 3.01. The fourth-order valence-electron chi connectivity index (χ4n) is 1.82. The summed E-state index contributed by atoms with van der Waals surface area (Å²) in [6, 6.07) is 5.99. The molecule has 0 aliphatic carbocycles. The van der Waals surface area contributed by atoms with Gasteiger partial charge in [0.2, 0.25) is 0 Å². The first-order chi connectivity index (χ1) is 11.5. The molecule has 0 saturated carbocycles. The number of thioether (sulfide) groups is 1. The van der Waals surface area contributed by atoms with Crippen LogP contribution in [0.5, 0.6) is 0 Å². The van der Waals surface area contributed by atoms with Crippen LogP contribution in [0.3, 0.4) is 0 Å². The molecule has 0 N–H and O–H groups in total. The molecule has 1 heterocycles. The van der Waals surface area contributed by atoms with Crippen LogP contribution in [0, 0.1) is 10.1 Å². The number of esters is 1. The third-order valence-corrected chi connectivity index (χ3v) is 4.10. The van der Waals surface area contributed by atoms with Crippen molar-refractivity contribution in [1.82, 2.24) is 10.1 Å². The molecule has 1 aromatic carbocycles. The molecule has 9 heteroatoms. The predicted octanol–water partition coefficient (Wildman–Crippen LogP) is 3.15. The molecule has 128 valence electrons. The lowest BCUT2D eigenvalue weighted by Gasteiger charge is -2.09. The number of nitrogens with zero attached hydrogens (tertiary/aromatic N) is 3. The molecule has 1 atom stereocenters. The summed E-state index contributed by atoms with van der Waals surface area (Å²) in [6.07, 6.45) is 1.62. The molecular weight excluding hydrogens is 334 g/mol. The van der Waals surface area contributed by atoms with E-state index in [0.29, 0.717) is 12.2 Å². The topological polar surface area (TPSA) is 108 Å². The van der Waals surface area contributed by atoms with Gasteiger partial charge in [0.1, 0.15) is 5.25 Å². The normalized spacial score (nSPS) is 11.9. The molecule has 2 rings (SSSR count). The van der Waals surface area contributed by atoms with E-state index in [-0.39, 0.29) is 18.2 Å². The highest BCUT2D eigenvalue weighted by Crippen LogP contribution is 2.26. The van der Waals surface area contributed by atoms with E-state index in [1.807, 2.05) is 6.92 Å². The Hall–Kier alpha value is -2.42. The lowest BCUT2D eigenvalue weighted by Crippen LogP contribution is -2.16. The third-order valence-electron chi connectivity index (χ3n) is 3.01. The lowest BCUT2D eigenvalue weighted by molar-refractivity contribution is -0.384. The number of benzene rings is 1. The zero-order chi connectivity index (χ0) is 17.5. The van der Waals surface area contributed by atoms with Gasteiger partial charge in [-0.2, -0.15) is 4.98 Å². The number of carbonyl (C=O) groups is 1. The molecule has 0 spiro atoms. The second kappa shape index (κ2) is 8.44. The SMILES string of the molecule is CCCc1noc(COC(=O)C(C)Sc2ccc([N+](=O)[O-])cc2)n1. The molecule has 1 aromatic heterocycles. The van der Waals surface area contributed by atoms with Crippen molar-refractivity contribution in [3.05, 3.63) is 46.1 Å². The highest BCUT2D eigenvalue weighted by molar-refractivity contribution is 8.00. The number of hydrogen-bond donors (Lipinski definition) is 0. The van der Waals surface area contributed by atoms with Crippen LogP contribution in [0.1, 0.15) is 32.0 Å². The Kier molecular flexibility index (Phi) is 6.30. The summed E-state index contributed by atoms with van der Waals surface area (Å²) in [5, 5.41) is 13.9. The first-order valence-corrected chi connectivity index (χ1v) is 8.26. The maximum absolute atomic E-state index is 12.0. The molecule has 2 aromatic rings. The van der Waals surface area contributed by atoms with Crippen molar-refractivity contribution in [2.24, 2.45) is 0 Å². The Morgan fingerprint density at radius 1 is 1.42 bits per heavy atom. The van der Waals surface area contributed by atoms with E-state index in [1.165, 1.54) is 23.9 Å². The molecule has 0 saturated heterocycles. The van der Waals surface area contributed by atoms with Gasteiger partial charge in [-0.25, -0.2) is 0 Å². The summed E-state index contributed by atoms with van der Waals surface area (Å²) in [6.45, 7) is 3.64. The third kappa shape index (κ3) is 5.05. The maximum atomic E-state index is 12.0. The molecule has 24 heavy (non-hydrogen) atoms. The van der Waals surface area contributed by atoms with Crippen LogP contribution in [-0.4, -0.2) is 26.3 Å². The van der Waals surface area contributed by atoms with E-state index in [4.69, 9.17) is 9.26 Å². The van der Waals surface area contributed by atoms with E-state index in [1.54, 1.807) is 19.1 Å². The summed E-state index contributed by atoms with van der Waals surface area (Å²) < 4.78 is 10.1. The summed E-state index contributed by atoms with van der Waals surface area (Å²) in [5.41, 5.74) is 0.00820. The van der Waals surface area contributed by atoms with Crippen LogP contribution in [-0.2, 0) is 22.6 Å². The summed E-state index contributed by atoms with van der Waals surface area (Å²) >= 11 is 1.26. The van der Waals surface area contributed by atoms with Crippen LogP contribution < -0.4 is 0 Å². The van der Waals surface area contributed by atoms with Gasteiger partial charge < -0.3 is 9.26 Å². The highest BCUT2D eigenvalue weighted by atomic mass is 32.2. The largest absolute Gasteiger partial charge is 0.455 e. The smallest absolute Gasteiger partial charge is 0.319 e. The van der Waals surface area contributed by atoms with Crippen LogP contribution in [0.25, 0.3) is 0 Å². The zero-order valence-electron chi connectivity index (χ0n) is 13.3. The van der Waals surface area contributed by atoms with E-state index in [2.05, 4.69) is 10.1 Å². The molecule has 1 unspecified atom stereocenters. The van der Waals surface area contributed by atoms with Gasteiger partial charge in [0.15, 0.2) is 12.4 Å². The van der Waals surface area contributed by atoms with Crippen LogP contribution in [0.15, 0.2) is 33.7 Å². The minimum Gasteiger partial charge on any atom is -0.455 e. The maximum Gasteiger partial charge on any atom is 0.319 e. The Morgan fingerprint density at radius 3 is 2.75 bits per heavy atom. The quantitative estimate of drug-likeness (QED) is 0.309. The van der Waals surface area contributed by atoms with Crippen molar-refractivity contribution in [2.45, 2.75) is 43.4 Å². The molecule has 0 amide bonds. The number of non-ortho nitro benzene ring substituents is 1. The minimum absolute atomic E-state index is 0.00820. The van der Waals surface area contributed by atoms with Crippen LogP contribution in [0.4, 0.5) is 5.69 Å². The Morgan fingerprint density at radius 2 is 2.12 bits per heavy atom. The van der Waals surface area contributed by atoms with Gasteiger partial charge in [-0.1, -0.05) is 12.1 Å². The number of nitro benzene ring substituents is 1. The summed E-state index contributed by atoms with van der Waals surface area (Å²) in [5.74, 6) is 0.435. The molecule has 0 radical (unpaired) electrons. The number of aromatic nitrogens is 2. The van der Waals surface area contributed by atoms with Gasteiger partial charge in [-0.15, -0.1) is 11.8 Å². The second-order valence-corrected chi connectivity index (χ2v) is 6.39. The van der Waals surface area contributed by atoms with E-state index in [0.717, 1.165) is 11.3 Å².